The highest BCUT2D eigenvalue weighted by Crippen LogP contribution is 2.55. The van der Waals surface area contributed by atoms with E-state index in [0.29, 0.717) is 17.6 Å². The monoisotopic (exact) mass is 342 g/mol. The molecule has 0 saturated heterocycles. The van der Waals surface area contributed by atoms with Crippen molar-refractivity contribution in [1.29, 1.82) is 0 Å². The highest BCUT2D eigenvalue weighted by atomic mass is 16.5. The fourth-order valence-corrected chi connectivity index (χ4v) is 4.82. The molecule has 1 N–H and O–H groups in total. The normalized spacial score (nSPS) is 27.5. The SMILES string of the molecule is C=C(C)[C@@H]1CC[C@]2(C)CC1c1c(O)cc(CCCCCCC)cc1O2. The van der Waals surface area contributed by atoms with Crippen LogP contribution in [0.2, 0.25) is 0 Å². The lowest BCUT2D eigenvalue weighted by Gasteiger charge is -2.48. The van der Waals surface area contributed by atoms with Crippen molar-refractivity contribution in [2.45, 2.75) is 90.1 Å². The van der Waals surface area contributed by atoms with Gasteiger partial charge in [0.2, 0.25) is 0 Å². The number of benzene rings is 1. The fourth-order valence-electron chi connectivity index (χ4n) is 4.82. The van der Waals surface area contributed by atoms with Gasteiger partial charge in [-0.1, -0.05) is 44.8 Å². The topological polar surface area (TPSA) is 29.5 Å². The molecule has 0 amide bonds. The minimum absolute atomic E-state index is 0.0875. The minimum Gasteiger partial charge on any atom is -0.508 e. The Kier molecular flexibility index (Phi) is 5.46. The summed E-state index contributed by atoms with van der Waals surface area (Å²) in [6.45, 7) is 10.8. The van der Waals surface area contributed by atoms with Crippen LogP contribution in [0.15, 0.2) is 24.3 Å². The molecule has 2 aliphatic rings. The first-order valence-corrected chi connectivity index (χ1v) is 10.1. The number of hydrogen-bond donors (Lipinski definition) is 1. The molecule has 138 valence electrons. The summed E-state index contributed by atoms with van der Waals surface area (Å²) in [7, 11) is 0. The number of ether oxygens (including phenoxy) is 1. The zero-order valence-corrected chi connectivity index (χ0v) is 16.2. The zero-order valence-electron chi connectivity index (χ0n) is 16.2. The number of allylic oxidation sites excluding steroid dienone is 1. The van der Waals surface area contributed by atoms with Gasteiger partial charge in [-0.15, -0.1) is 0 Å². The van der Waals surface area contributed by atoms with E-state index >= 15 is 0 Å². The van der Waals surface area contributed by atoms with Crippen molar-refractivity contribution in [3.8, 4) is 11.5 Å². The Labute approximate surface area is 153 Å². The number of fused-ring (bicyclic) bond motifs is 4. The number of phenols is 1. The van der Waals surface area contributed by atoms with E-state index in [1.54, 1.807) is 0 Å². The number of aromatic hydroxyl groups is 1. The van der Waals surface area contributed by atoms with E-state index in [0.717, 1.165) is 37.0 Å². The first kappa shape index (κ1) is 18.4. The van der Waals surface area contributed by atoms with Gasteiger partial charge in [-0.2, -0.15) is 0 Å². The summed E-state index contributed by atoms with van der Waals surface area (Å²) in [5, 5.41) is 10.8. The van der Waals surface area contributed by atoms with Crippen LogP contribution in [0.25, 0.3) is 0 Å². The second-order valence-electron chi connectivity index (χ2n) is 8.55. The number of phenolic OH excluding ortho intramolecular Hbond substituents is 1. The van der Waals surface area contributed by atoms with Crippen LogP contribution < -0.4 is 4.74 Å². The van der Waals surface area contributed by atoms with E-state index in [1.807, 2.05) is 6.07 Å². The highest BCUT2D eigenvalue weighted by molar-refractivity contribution is 5.52. The lowest BCUT2D eigenvalue weighted by atomic mass is 9.65. The van der Waals surface area contributed by atoms with Gasteiger partial charge in [0.25, 0.3) is 0 Å². The quantitative estimate of drug-likeness (QED) is 0.452. The van der Waals surface area contributed by atoms with E-state index in [-0.39, 0.29) is 5.60 Å². The molecular formula is C23H34O2. The second kappa shape index (κ2) is 7.43. The molecule has 1 heterocycles. The third kappa shape index (κ3) is 3.88. The molecule has 3 atom stereocenters. The molecule has 2 nitrogen and oxygen atoms in total. The first-order chi connectivity index (χ1) is 11.9. The molecule has 1 aliphatic carbocycles. The number of unbranched alkanes of at least 4 members (excludes halogenated alkanes) is 4. The summed E-state index contributed by atoms with van der Waals surface area (Å²) in [5.41, 5.74) is 3.39. The van der Waals surface area contributed by atoms with Crippen LogP contribution in [-0.4, -0.2) is 10.7 Å². The van der Waals surface area contributed by atoms with Gasteiger partial charge >= 0.3 is 0 Å². The molecule has 1 aliphatic heterocycles. The van der Waals surface area contributed by atoms with Crippen molar-refractivity contribution in [2.75, 3.05) is 0 Å². The molecule has 0 radical (unpaired) electrons. The Morgan fingerprint density at radius 3 is 2.76 bits per heavy atom. The van der Waals surface area contributed by atoms with Gasteiger partial charge in [0.05, 0.1) is 0 Å². The maximum absolute atomic E-state index is 10.8. The Morgan fingerprint density at radius 2 is 2.04 bits per heavy atom. The van der Waals surface area contributed by atoms with Crippen LogP contribution in [-0.2, 0) is 6.42 Å². The van der Waals surface area contributed by atoms with Crippen molar-refractivity contribution < 1.29 is 9.84 Å². The molecule has 0 aromatic heterocycles. The average molecular weight is 343 g/mol. The summed E-state index contributed by atoms with van der Waals surface area (Å²) >= 11 is 0. The van der Waals surface area contributed by atoms with Gasteiger partial charge in [-0.3, -0.25) is 0 Å². The first-order valence-electron chi connectivity index (χ1n) is 10.1. The molecule has 2 heteroatoms. The van der Waals surface area contributed by atoms with Gasteiger partial charge in [-0.25, -0.2) is 0 Å². The predicted molar refractivity (Wildman–Crippen MR) is 104 cm³/mol. The molecule has 1 aromatic rings. The Morgan fingerprint density at radius 1 is 1.28 bits per heavy atom. The Balaban J connectivity index is 1.81. The standard InChI is InChI=1S/C23H34O2/c1-5-6-7-8-9-10-17-13-20(24)22-19-15-23(4,25-21(22)14-17)12-11-18(19)16(2)3/h13-14,18-19,24H,2,5-12,15H2,1,3-4H3/t18-,19?,23+/m0/s1. The summed E-state index contributed by atoms with van der Waals surface area (Å²) in [6, 6.07) is 4.18. The molecule has 2 bridgehead atoms. The van der Waals surface area contributed by atoms with Crippen LogP contribution in [0.5, 0.6) is 11.5 Å². The van der Waals surface area contributed by atoms with Crippen LogP contribution in [0.3, 0.4) is 0 Å². The van der Waals surface area contributed by atoms with E-state index in [2.05, 4.69) is 33.4 Å². The number of rotatable bonds is 7. The van der Waals surface area contributed by atoms with Crippen molar-refractivity contribution >= 4 is 0 Å². The molecule has 0 spiro atoms. The van der Waals surface area contributed by atoms with Gasteiger partial charge in [0, 0.05) is 11.5 Å². The van der Waals surface area contributed by atoms with E-state index in [4.69, 9.17) is 4.74 Å². The second-order valence-corrected chi connectivity index (χ2v) is 8.55. The van der Waals surface area contributed by atoms with Crippen LogP contribution in [0.4, 0.5) is 0 Å². The Bertz CT molecular complexity index is 633. The summed E-state index contributed by atoms with van der Waals surface area (Å²) in [5.74, 6) is 2.16. The summed E-state index contributed by atoms with van der Waals surface area (Å²) in [4.78, 5) is 0. The van der Waals surface area contributed by atoms with E-state index in [1.165, 1.54) is 43.2 Å². The van der Waals surface area contributed by atoms with Crippen molar-refractivity contribution in [2.24, 2.45) is 5.92 Å². The molecule has 1 fully saturated rings. The third-order valence-corrected chi connectivity index (χ3v) is 6.23. The van der Waals surface area contributed by atoms with E-state index < -0.39 is 0 Å². The molecule has 3 rings (SSSR count). The van der Waals surface area contributed by atoms with Crippen molar-refractivity contribution in [3.05, 3.63) is 35.4 Å². The molecule has 1 saturated carbocycles. The fraction of sp³-hybridized carbons (Fsp3) is 0.652. The molecule has 1 unspecified atom stereocenters. The van der Waals surface area contributed by atoms with Gasteiger partial charge in [0.15, 0.2) is 0 Å². The molecular weight excluding hydrogens is 308 g/mol. The predicted octanol–water partition coefficient (Wildman–Crippen LogP) is 6.52. The van der Waals surface area contributed by atoms with Crippen molar-refractivity contribution in [3.63, 3.8) is 0 Å². The number of hydrogen-bond acceptors (Lipinski definition) is 2. The zero-order chi connectivity index (χ0) is 18.0. The van der Waals surface area contributed by atoms with Crippen molar-refractivity contribution in [1.82, 2.24) is 0 Å². The highest BCUT2D eigenvalue weighted by Gasteiger charge is 2.46. The lowest BCUT2D eigenvalue weighted by Crippen LogP contribution is -2.44. The smallest absolute Gasteiger partial charge is 0.127 e. The number of aryl methyl sites for hydroxylation is 1. The minimum atomic E-state index is -0.0875. The van der Waals surface area contributed by atoms with Gasteiger partial charge < -0.3 is 9.84 Å². The average Bonchev–Trinajstić information content (AvgIpc) is 2.53. The molecule has 25 heavy (non-hydrogen) atoms. The van der Waals surface area contributed by atoms with Gasteiger partial charge in [0.1, 0.15) is 17.1 Å². The maximum Gasteiger partial charge on any atom is 0.127 e. The summed E-state index contributed by atoms with van der Waals surface area (Å²) < 4.78 is 6.40. The van der Waals surface area contributed by atoms with E-state index in [9.17, 15) is 5.11 Å². The Hall–Kier alpha value is -1.44. The van der Waals surface area contributed by atoms with Crippen LogP contribution in [0, 0.1) is 5.92 Å². The van der Waals surface area contributed by atoms with Crippen LogP contribution >= 0.6 is 0 Å². The van der Waals surface area contributed by atoms with Gasteiger partial charge in [-0.05, 0) is 69.6 Å². The molecule has 1 aromatic carbocycles. The lowest BCUT2D eigenvalue weighted by molar-refractivity contribution is 0.00630. The maximum atomic E-state index is 10.8. The largest absolute Gasteiger partial charge is 0.508 e. The van der Waals surface area contributed by atoms with Crippen LogP contribution in [0.1, 0.15) is 89.2 Å². The summed E-state index contributed by atoms with van der Waals surface area (Å²) in [6.07, 6.45) is 10.6. The third-order valence-electron chi connectivity index (χ3n) is 6.23.